The average Bonchev–Trinajstić information content (AvgIpc) is 3.05. The van der Waals surface area contributed by atoms with Crippen LogP contribution in [0.1, 0.15) is 36.6 Å². The highest BCUT2D eigenvalue weighted by Gasteiger charge is 2.18. The van der Waals surface area contributed by atoms with E-state index in [1.165, 1.54) is 52.7 Å². The zero-order chi connectivity index (χ0) is 20.4. The van der Waals surface area contributed by atoms with Crippen molar-refractivity contribution in [3.05, 3.63) is 76.4 Å². The molecular weight excluding hydrogens is 396 g/mol. The van der Waals surface area contributed by atoms with Crippen molar-refractivity contribution in [2.45, 2.75) is 33.2 Å². The lowest BCUT2D eigenvalue weighted by Crippen LogP contribution is -2.32. The summed E-state index contributed by atoms with van der Waals surface area (Å²) in [6.07, 6.45) is 0. The van der Waals surface area contributed by atoms with Crippen molar-refractivity contribution in [2.24, 2.45) is 0 Å². The first-order chi connectivity index (χ1) is 14.0. The van der Waals surface area contributed by atoms with Gasteiger partial charge in [0.1, 0.15) is 0 Å². The Balaban J connectivity index is 1.77. The largest absolute Gasteiger partial charge is 0.314 e. The monoisotopic (exact) mass is 424 g/mol. The zero-order valence-electron chi connectivity index (χ0n) is 17.5. The van der Waals surface area contributed by atoms with Crippen LogP contribution in [0.25, 0.3) is 16.9 Å². The molecule has 2 nitrogen and oxygen atoms in total. The molecule has 1 aliphatic heterocycles. The highest BCUT2D eigenvalue weighted by molar-refractivity contribution is 7.99. The van der Waals surface area contributed by atoms with Crippen LogP contribution in [0.15, 0.2) is 54.6 Å². The fourth-order valence-electron chi connectivity index (χ4n) is 3.99. The molecule has 1 aliphatic rings. The lowest BCUT2D eigenvalue weighted by molar-refractivity contribution is 0.294. The number of halogens is 1. The number of rotatable bonds is 5. The van der Waals surface area contributed by atoms with Crippen molar-refractivity contribution in [1.82, 2.24) is 9.47 Å². The van der Waals surface area contributed by atoms with Gasteiger partial charge in [0.25, 0.3) is 0 Å². The Bertz CT molecular complexity index is 952. The van der Waals surface area contributed by atoms with E-state index >= 15 is 0 Å². The topological polar surface area (TPSA) is 8.17 Å². The predicted octanol–water partition coefficient (Wildman–Crippen LogP) is 6.78. The van der Waals surface area contributed by atoms with Gasteiger partial charge in [0.2, 0.25) is 0 Å². The van der Waals surface area contributed by atoms with Crippen molar-refractivity contribution >= 4 is 23.4 Å². The molecule has 3 aromatic rings. The van der Waals surface area contributed by atoms with E-state index in [9.17, 15) is 0 Å². The first-order valence-corrected chi connectivity index (χ1v) is 11.9. The van der Waals surface area contributed by atoms with Gasteiger partial charge in [-0.05, 0) is 59.9 Å². The predicted molar refractivity (Wildman–Crippen MR) is 128 cm³/mol. The smallest absolute Gasteiger partial charge is 0.0534 e. The van der Waals surface area contributed by atoms with Crippen molar-refractivity contribution in [2.75, 3.05) is 24.6 Å². The molecule has 0 bridgehead atoms. The molecule has 29 heavy (non-hydrogen) atoms. The van der Waals surface area contributed by atoms with Crippen molar-refractivity contribution in [3.8, 4) is 16.9 Å². The van der Waals surface area contributed by atoms with Gasteiger partial charge in [-0.1, -0.05) is 49.7 Å². The summed E-state index contributed by atoms with van der Waals surface area (Å²) >= 11 is 8.22. The number of aromatic nitrogens is 1. The number of thioether (sulfide) groups is 1. The molecular formula is C25H29ClN2S. The van der Waals surface area contributed by atoms with Crippen LogP contribution >= 0.6 is 23.4 Å². The SMILES string of the molecule is Cc1c(CN2CCSCC2)cc(-c2ccc(C(C)C)cc2)n1-c1ccc(Cl)cc1. The minimum Gasteiger partial charge on any atom is -0.314 e. The highest BCUT2D eigenvalue weighted by atomic mass is 35.5. The number of hydrogen-bond acceptors (Lipinski definition) is 2. The minimum absolute atomic E-state index is 0.543. The Morgan fingerprint density at radius 3 is 2.24 bits per heavy atom. The summed E-state index contributed by atoms with van der Waals surface area (Å²) in [6.45, 7) is 10.1. The lowest BCUT2D eigenvalue weighted by atomic mass is 10.0. The first kappa shape index (κ1) is 20.6. The van der Waals surface area contributed by atoms with Gasteiger partial charge in [0.15, 0.2) is 0 Å². The fraction of sp³-hybridized carbons (Fsp3) is 0.360. The van der Waals surface area contributed by atoms with Crippen LogP contribution in [0.4, 0.5) is 0 Å². The Hall–Kier alpha value is -1.68. The molecule has 2 heterocycles. The normalized spacial score (nSPS) is 15.2. The molecule has 2 aromatic carbocycles. The second kappa shape index (κ2) is 8.99. The minimum atomic E-state index is 0.543. The summed E-state index contributed by atoms with van der Waals surface area (Å²) in [5, 5.41) is 0.771. The summed E-state index contributed by atoms with van der Waals surface area (Å²) < 4.78 is 2.38. The standard InChI is InChI=1S/C25H29ClN2S/c1-18(2)20-4-6-21(7-5-20)25-16-22(17-27-12-14-29-15-13-27)19(3)28(25)24-10-8-23(26)9-11-24/h4-11,16,18H,12-15,17H2,1-3H3. The molecule has 0 N–H and O–H groups in total. The molecule has 0 radical (unpaired) electrons. The lowest BCUT2D eigenvalue weighted by Gasteiger charge is -2.26. The molecule has 1 saturated heterocycles. The Morgan fingerprint density at radius 2 is 1.62 bits per heavy atom. The van der Waals surface area contributed by atoms with Crippen LogP contribution in [0.5, 0.6) is 0 Å². The maximum atomic E-state index is 6.16. The van der Waals surface area contributed by atoms with Crippen LogP contribution in [0.3, 0.4) is 0 Å². The van der Waals surface area contributed by atoms with Crippen LogP contribution < -0.4 is 0 Å². The van der Waals surface area contributed by atoms with Crippen LogP contribution in [0.2, 0.25) is 5.02 Å². The van der Waals surface area contributed by atoms with E-state index in [0.717, 1.165) is 17.3 Å². The maximum absolute atomic E-state index is 6.16. The molecule has 0 unspecified atom stereocenters. The highest BCUT2D eigenvalue weighted by Crippen LogP contribution is 2.32. The summed E-state index contributed by atoms with van der Waals surface area (Å²) in [5.74, 6) is 3.02. The van der Waals surface area contributed by atoms with Gasteiger partial charge < -0.3 is 4.57 Å². The third-order valence-electron chi connectivity index (χ3n) is 5.81. The summed E-state index contributed by atoms with van der Waals surface area (Å²) in [6, 6.07) is 19.6. The van der Waals surface area contributed by atoms with Gasteiger partial charge in [-0.15, -0.1) is 0 Å². The molecule has 0 saturated carbocycles. The van der Waals surface area contributed by atoms with Gasteiger partial charge in [-0.2, -0.15) is 11.8 Å². The first-order valence-electron chi connectivity index (χ1n) is 10.4. The number of benzene rings is 2. The van der Waals surface area contributed by atoms with Crippen molar-refractivity contribution < 1.29 is 0 Å². The summed E-state index contributed by atoms with van der Waals surface area (Å²) in [4.78, 5) is 2.58. The molecule has 1 fully saturated rings. The Labute approximate surface area is 183 Å². The quantitative estimate of drug-likeness (QED) is 0.446. The molecule has 152 valence electrons. The molecule has 1 aromatic heterocycles. The van der Waals surface area contributed by atoms with Gasteiger partial charge in [-0.3, -0.25) is 4.90 Å². The molecule has 0 spiro atoms. The third kappa shape index (κ3) is 4.58. The van der Waals surface area contributed by atoms with Crippen LogP contribution in [-0.2, 0) is 6.54 Å². The summed E-state index contributed by atoms with van der Waals surface area (Å²) in [7, 11) is 0. The van der Waals surface area contributed by atoms with Crippen molar-refractivity contribution in [1.29, 1.82) is 0 Å². The van der Waals surface area contributed by atoms with E-state index in [2.05, 4.69) is 84.5 Å². The van der Waals surface area contributed by atoms with E-state index < -0.39 is 0 Å². The van der Waals surface area contributed by atoms with E-state index in [1.54, 1.807) is 0 Å². The number of nitrogens with zero attached hydrogens (tertiary/aromatic N) is 2. The number of hydrogen-bond donors (Lipinski definition) is 0. The second-order valence-electron chi connectivity index (χ2n) is 8.12. The van der Waals surface area contributed by atoms with Gasteiger partial charge in [0, 0.05) is 47.5 Å². The van der Waals surface area contributed by atoms with E-state index in [-0.39, 0.29) is 0 Å². The van der Waals surface area contributed by atoms with E-state index in [0.29, 0.717) is 5.92 Å². The fourth-order valence-corrected chi connectivity index (χ4v) is 5.10. The molecule has 4 rings (SSSR count). The van der Waals surface area contributed by atoms with Gasteiger partial charge >= 0.3 is 0 Å². The second-order valence-corrected chi connectivity index (χ2v) is 9.78. The van der Waals surface area contributed by atoms with Crippen molar-refractivity contribution in [3.63, 3.8) is 0 Å². The maximum Gasteiger partial charge on any atom is 0.0534 e. The van der Waals surface area contributed by atoms with Gasteiger partial charge in [-0.25, -0.2) is 0 Å². The van der Waals surface area contributed by atoms with Crippen LogP contribution in [-0.4, -0.2) is 34.1 Å². The molecule has 0 amide bonds. The average molecular weight is 425 g/mol. The Morgan fingerprint density at radius 1 is 0.966 bits per heavy atom. The molecule has 4 heteroatoms. The van der Waals surface area contributed by atoms with E-state index in [1.807, 2.05) is 12.1 Å². The molecule has 0 aliphatic carbocycles. The summed E-state index contributed by atoms with van der Waals surface area (Å²) in [5.41, 5.74) is 7.77. The molecule has 0 atom stereocenters. The van der Waals surface area contributed by atoms with Gasteiger partial charge in [0.05, 0.1) is 5.69 Å². The third-order valence-corrected chi connectivity index (χ3v) is 7.00. The zero-order valence-corrected chi connectivity index (χ0v) is 19.1. The van der Waals surface area contributed by atoms with Crippen LogP contribution in [0, 0.1) is 6.92 Å². The Kier molecular flexibility index (Phi) is 6.38. The van der Waals surface area contributed by atoms with E-state index in [4.69, 9.17) is 11.6 Å².